The average Bonchev–Trinajstić information content (AvgIpc) is 2.39. The van der Waals surface area contributed by atoms with Crippen LogP contribution in [0.25, 0.3) is 0 Å². The molecule has 0 radical (unpaired) electrons. The number of aryl methyl sites for hydroxylation is 1. The third kappa shape index (κ3) is 3.57. The van der Waals surface area contributed by atoms with Crippen molar-refractivity contribution in [1.82, 2.24) is 9.97 Å². The van der Waals surface area contributed by atoms with Gasteiger partial charge in [0.25, 0.3) is 0 Å². The Balaban J connectivity index is 3.03. The van der Waals surface area contributed by atoms with Gasteiger partial charge in [-0.3, -0.25) is 0 Å². The van der Waals surface area contributed by atoms with Crippen LogP contribution in [-0.2, 0) is 6.42 Å². The van der Waals surface area contributed by atoms with Crippen LogP contribution < -0.4 is 10.6 Å². The van der Waals surface area contributed by atoms with Gasteiger partial charge in [-0.15, -0.1) is 0 Å². The molecule has 0 aromatic carbocycles. The van der Waals surface area contributed by atoms with Crippen molar-refractivity contribution in [1.29, 1.82) is 0 Å². The van der Waals surface area contributed by atoms with Gasteiger partial charge in [0.15, 0.2) is 0 Å². The van der Waals surface area contributed by atoms with Crippen LogP contribution >= 0.6 is 0 Å². The normalized spacial score (nSPS) is 12.3. The van der Waals surface area contributed by atoms with Gasteiger partial charge in [-0.05, 0) is 19.8 Å². The lowest BCUT2D eigenvalue weighted by Gasteiger charge is -2.18. The maximum Gasteiger partial charge on any atom is 0.135 e. The van der Waals surface area contributed by atoms with E-state index in [0.717, 1.165) is 42.3 Å². The third-order valence-corrected chi connectivity index (χ3v) is 2.96. The van der Waals surface area contributed by atoms with Crippen molar-refractivity contribution < 1.29 is 5.11 Å². The van der Waals surface area contributed by atoms with Crippen LogP contribution in [0.5, 0.6) is 0 Å². The number of anilines is 2. The number of rotatable bonds is 7. The van der Waals surface area contributed by atoms with Gasteiger partial charge < -0.3 is 15.7 Å². The van der Waals surface area contributed by atoms with Crippen molar-refractivity contribution in [3.05, 3.63) is 11.4 Å². The molecule has 1 atom stereocenters. The summed E-state index contributed by atoms with van der Waals surface area (Å²) in [5.74, 6) is 2.50. The lowest BCUT2D eigenvalue weighted by molar-refractivity contribution is 0.271. The molecule has 0 saturated carbocycles. The summed E-state index contributed by atoms with van der Waals surface area (Å²) < 4.78 is 0. The van der Waals surface area contributed by atoms with E-state index in [4.69, 9.17) is 0 Å². The van der Waals surface area contributed by atoms with Gasteiger partial charge in [0.1, 0.15) is 17.5 Å². The number of aromatic nitrogens is 2. The molecule has 1 heterocycles. The molecule has 5 nitrogen and oxygen atoms in total. The number of aliphatic hydroxyl groups is 1. The van der Waals surface area contributed by atoms with Gasteiger partial charge >= 0.3 is 0 Å². The summed E-state index contributed by atoms with van der Waals surface area (Å²) in [6, 6.07) is 0.0396. The SMILES string of the molecule is CCCc1nc(NC)c(C)c(NC(CC)CO)n1. The van der Waals surface area contributed by atoms with Crippen molar-refractivity contribution >= 4 is 11.6 Å². The Hall–Kier alpha value is -1.36. The molecule has 0 saturated heterocycles. The van der Waals surface area contributed by atoms with E-state index < -0.39 is 0 Å². The standard InChI is InChI=1S/C13H24N4O/c1-5-7-11-16-12(14-4)9(3)13(17-11)15-10(6-2)8-18/h10,18H,5-8H2,1-4H3,(H2,14,15,16,17). The van der Waals surface area contributed by atoms with E-state index in [1.165, 1.54) is 0 Å². The Kier molecular flexibility index (Phi) is 5.85. The Morgan fingerprint density at radius 3 is 2.39 bits per heavy atom. The Morgan fingerprint density at radius 1 is 1.22 bits per heavy atom. The molecule has 5 heteroatoms. The monoisotopic (exact) mass is 252 g/mol. The minimum absolute atomic E-state index is 0.0396. The van der Waals surface area contributed by atoms with Crippen LogP contribution in [0.1, 0.15) is 38.1 Å². The second-order valence-electron chi connectivity index (χ2n) is 4.39. The van der Waals surface area contributed by atoms with Crippen LogP contribution in [-0.4, -0.2) is 34.8 Å². The van der Waals surface area contributed by atoms with Crippen LogP contribution in [0.2, 0.25) is 0 Å². The van der Waals surface area contributed by atoms with Crippen molar-refractivity contribution in [3.8, 4) is 0 Å². The molecule has 0 aliphatic carbocycles. The molecule has 0 aliphatic heterocycles. The zero-order valence-electron chi connectivity index (χ0n) is 11.7. The second-order valence-corrected chi connectivity index (χ2v) is 4.39. The van der Waals surface area contributed by atoms with E-state index >= 15 is 0 Å². The number of nitrogens with zero attached hydrogens (tertiary/aromatic N) is 2. The summed E-state index contributed by atoms with van der Waals surface area (Å²) in [5.41, 5.74) is 0.990. The number of aliphatic hydroxyl groups excluding tert-OH is 1. The van der Waals surface area contributed by atoms with Crippen LogP contribution in [0, 0.1) is 6.92 Å². The first-order chi connectivity index (χ1) is 8.65. The predicted octanol–water partition coefficient (Wildman–Crippen LogP) is 1.96. The summed E-state index contributed by atoms with van der Waals surface area (Å²) in [5, 5.41) is 15.6. The molecule has 18 heavy (non-hydrogen) atoms. The molecule has 3 N–H and O–H groups in total. The first-order valence-corrected chi connectivity index (χ1v) is 6.58. The summed E-state index contributed by atoms with van der Waals surface area (Å²) >= 11 is 0. The van der Waals surface area contributed by atoms with E-state index in [1.807, 2.05) is 20.9 Å². The minimum atomic E-state index is 0.0396. The van der Waals surface area contributed by atoms with E-state index in [2.05, 4.69) is 27.5 Å². The highest BCUT2D eigenvalue weighted by Crippen LogP contribution is 2.21. The first-order valence-electron chi connectivity index (χ1n) is 6.58. The zero-order valence-corrected chi connectivity index (χ0v) is 11.7. The molecule has 0 bridgehead atoms. The van der Waals surface area contributed by atoms with Crippen molar-refractivity contribution in [3.63, 3.8) is 0 Å². The van der Waals surface area contributed by atoms with E-state index in [1.54, 1.807) is 0 Å². The Labute approximate surface area is 109 Å². The van der Waals surface area contributed by atoms with Crippen LogP contribution in [0.15, 0.2) is 0 Å². The van der Waals surface area contributed by atoms with Crippen molar-refractivity contribution in [2.75, 3.05) is 24.3 Å². The average molecular weight is 252 g/mol. The molecule has 1 aromatic heterocycles. The molecule has 102 valence electrons. The molecule has 1 rings (SSSR count). The quantitative estimate of drug-likeness (QED) is 0.692. The smallest absolute Gasteiger partial charge is 0.135 e. The summed E-state index contributed by atoms with van der Waals surface area (Å²) in [7, 11) is 1.86. The zero-order chi connectivity index (χ0) is 13.5. The molecule has 0 spiro atoms. The molecular formula is C13H24N4O. The van der Waals surface area contributed by atoms with Crippen LogP contribution in [0.4, 0.5) is 11.6 Å². The number of nitrogens with one attached hydrogen (secondary N) is 2. The molecule has 0 amide bonds. The molecule has 0 fully saturated rings. The topological polar surface area (TPSA) is 70.1 Å². The lowest BCUT2D eigenvalue weighted by Crippen LogP contribution is -2.24. The summed E-state index contributed by atoms with van der Waals surface area (Å²) in [4.78, 5) is 9.01. The second kappa shape index (κ2) is 7.16. The molecule has 1 unspecified atom stereocenters. The van der Waals surface area contributed by atoms with Gasteiger partial charge in [-0.25, -0.2) is 9.97 Å². The van der Waals surface area contributed by atoms with Gasteiger partial charge in [0.2, 0.25) is 0 Å². The van der Waals surface area contributed by atoms with Crippen molar-refractivity contribution in [2.45, 2.75) is 46.1 Å². The fraction of sp³-hybridized carbons (Fsp3) is 0.692. The Morgan fingerprint density at radius 2 is 1.89 bits per heavy atom. The van der Waals surface area contributed by atoms with E-state index in [0.29, 0.717) is 0 Å². The molecule has 1 aromatic rings. The number of hydrogen-bond acceptors (Lipinski definition) is 5. The fourth-order valence-corrected chi connectivity index (χ4v) is 1.75. The van der Waals surface area contributed by atoms with E-state index in [-0.39, 0.29) is 12.6 Å². The lowest BCUT2D eigenvalue weighted by atomic mass is 10.2. The van der Waals surface area contributed by atoms with Gasteiger partial charge in [-0.2, -0.15) is 0 Å². The molecule has 0 aliphatic rings. The van der Waals surface area contributed by atoms with Gasteiger partial charge in [-0.1, -0.05) is 13.8 Å². The third-order valence-electron chi connectivity index (χ3n) is 2.96. The highest BCUT2D eigenvalue weighted by atomic mass is 16.3. The maximum atomic E-state index is 9.26. The number of hydrogen-bond donors (Lipinski definition) is 3. The maximum absolute atomic E-state index is 9.26. The van der Waals surface area contributed by atoms with Gasteiger partial charge in [0.05, 0.1) is 12.6 Å². The van der Waals surface area contributed by atoms with E-state index in [9.17, 15) is 5.11 Å². The highest BCUT2D eigenvalue weighted by Gasteiger charge is 2.12. The minimum Gasteiger partial charge on any atom is -0.394 e. The summed E-state index contributed by atoms with van der Waals surface area (Å²) in [6.07, 6.45) is 2.74. The van der Waals surface area contributed by atoms with Gasteiger partial charge in [0, 0.05) is 19.0 Å². The first kappa shape index (κ1) is 14.7. The van der Waals surface area contributed by atoms with Crippen molar-refractivity contribution in [2.24, 2.45) is 0 Å². The fourth-order valence-electron chi connectivity index (χ4n) is 1.75. The largest absolute Gasteiger partial charge is 0.394 e. The Bertz CT molecular complexity index is 377. The van der Waals surface area contributed by atoms with Crippen LogP contribution in [0.3, 0.4) is 0 Å². The highest BCUT2D eigenvalue weighted by molar-refractivity contribution is 5.57. The summed E-state index contributed by atoms with van der Waals surface area (Å²) in [6.45, 7) is 6.24. The molecular weight excluding hydrogens is 228 g/mol. The predicted molar refractivity (Wildman–Crippen MR) is 75.1 cm³/mol.